The lowest BCUT2D eigenvalue weighted by molar-refractivity contribution is -0.113. The first-order valence-electron chi connectivity index (χ1n) is 6.55. The van der Waals surface area contributed by atoms with Crippen LogP contribution in [0.3, 0.4) is 0 Å². The molecule has 1 aromatic heterocycles. The third kappa shape index (κ3) is 2.36. The molecule has 0 radical (unpaired) electrons. The molecule has 106 valence electrons. The molecule has 21 heavy (non-hydrogen) atoms. The number of nitrogens with zero attached hydrogens (tertiary/aromatic N) is 1. The maximum absolute atomic E-state index is 12.6. The number of nitrogens with one attached hydrogen (secondary N) is 1. The van der Waals surface area contributed by atoms with Gasteiger partial charge in [0.2, 0.25) is 0 Å². The fraction of sp³-hybridized carbons (Fsp3) is 0.125. The molecule has 1 aliphatic rings. The highest BCUT2D eigenvalue weighted by atomic mass is 32.1. The molecule has 0 bridgehead atoms. The van der Waals surface area contributed by atoms with Crippen molar-refractivity contribution >= 4 is 35.0 Å². The molecule has 0 atom stereocenters. The highest BCUT2D eigenvalue weighted by Gasteiger charge is 2.33. The maximum atomic E-state index is 12.6. The predicted octanol–water partition coefficient (Wildman–Crippen LogP) is 3.16. The number of carbonyl (C=O) groups is 1. The van der Waals surface area contributed by atoms with Gasteiger partial charge in [-0.15, -0.1) is 0 Å². The van der Waals surface area contributed by atoms with Crippen LogP contribution in [-0.4, -0.2) is 11.0 Å². The fourth-order valence-corrected chi connectivity index (χ4v) is 2.54. The Labute approximate surface area is 128 Å². The van der Waals surface area contributed by atoms with E-state index >= 15 is 0 Å². The minimum absolute atomic E-state index is 0.176. The topological polar surface area (TPSA) is 45.5 Å². The number of aryl methyl sites for hydroxylation is 1. The van der Waals surface area contributed by atoms with Crippen molar-refractivity contribution in [3.05, 3.63) is 59.2 Å². The van der Waals surface area contributed by atoms with Crippen LogP contribution in [0.25, 0.3) is 6.08 Å². The van der Waals surface area contributed by atoms with Gasteiger partial charge in [0.05, 0.1) is 12.0 Å². The zero-order valence-corrected chi connectivity index (χ0v) is 12.5. The summed E-state index contributed by atoms with van der Waals surface area (Å²) < 4.78 is 5.23. The van der Waals surface area contributed by atoms with Crippen LogP contribution in [0, 0.1) is 13.8 Å². The third-order valence-corrected chi connectivity index (χ3v) is 3.81. The number of anilines is 1. The molecule has 1 saturated heterocycles. The van der Waals surface area contributed by atoms with Gasteiger partial charge >= 0.3 is 0 Å². The molecule has 1 aliphatic heterocycles. The fourth-order valence-electron chi connectivity index (χ4n) is 2.25. The maximum Gasteiger partial charge on any atom is 0.281 e. The van der Waals surface area contributed by atoms with Crippen molar-refractivity contribution in [1.29, 1.82) is 0 Å². The molecule has 2 heterocycles. The molecule has 1 fully saturated rings. The van der Waals surface area contributed by atoms with E-state index in [-0.39, 0.29) is 5.91 Å². The Morgan fingerprint density at radius 1 is 1.24 bits per heavy atom. The first kappa shape index (κ1) is 13.6. The molecule has 0 saturated carbocycles. The van der Waals surface area contributed by atoms with Crippen LogP contribution in [0.15, 0.2) is 46.7 Å². The van der Waals surface area contributed by atoms with E-state index in [4.69, 9.17) is 16.6 Å². The molecule has 0 spiro atoms. The second-order valence-corrected chi connectivity index (χ2v) is 5.25. The van der Waals surface area contributed by atoms with Crippen molar-refractivity contribution in [1.82, 2.24) is 5.32 Å². The van der Waals surface area contributed by atoms with Crippen molar-refractivity contribution in [3.8, 4) is 0 Å². The van der Waals surface area contributed by atoms with Crippen molar-refractivity contribution in [2.24, 2.45) is 0 Å². The van der Waals surface area contributed by atoms with Crippen molar-refractivity contribution < 1.29 is 9.21 Å². The molecule has 5 heteroatoms. The Morgan fingerprint density at radius 3 is 2.76 bits per heavy atom. The summed E-state index contributed by atoms with van der Waals surface area (Å²) in [6.45, 7) is 3.99. The number of thiocarbonyl (C=S) groups is 1. The summed E-state index contributed by atoms with van der Waals surface area (Å²) in [6.07, 6.45) is 3.21. The summed E-state index contributed by atoms with van der Waals surface area (Å²) in [4.78, 5) is 14.1. The van der Waals surface area contributed by atoms with Gasteiger partial charge < -0.3 is 9.73 Å². The quantitative estimate of drug-likeness (QED) is 0.683. The second kappa shape index (κ2) is 5.18. The van der Waals surface area contributed by atoms with Gasteiger partial charge in [0.15, 0.2) is 5.11 Å². The Bertz CT molecular complexity index is 748. The van der Waals surface area contributed by atoms with Crippen LogP contribution in [0.4, 0.5) is 5.69 Å². The van der Waals surface area contributed by atoms with Gasteiger partial charge in [-0.2, -0.15) is 0 Å². The highest BCUT2D eigenvalue weighted by Crippen LogP contribution is 2.27. The van der Waals surface area contributed by atoms with Crippen molar-refractivity contribution in [3.63, 3.8) is 0 Å². The molecular formula is C16H14N2O2S. The minimum atomic E-state index is -0.176. The number of furan rings is 1. The highest BCUT2D eigenvalue weighted by molar-refractivity contribution is 7.80. The molecule has 1 aromatic carbocycles. The lowest BCUT2D eigenvalue weighted by atomic mass is 10.1. The summed E-state index contributed by atoms with van der Waals surface area (Å²) in [6, 6.07) is 9.37. The van der Waals surface area contributed by atoms with Crippen LogP contribution in [0.2, 0.25) is 0 Å². The van der Waals surface area contributed by atoms with Gasteiger partial charge in [-0.1, -0.05) is 12.1 Å². The molecule has 1 N–H and O–H groups in total. The summed E-state index contributed by atoms with van der Waals surface area (Å²) in [5.74, 6) is 0.432. The predicted molar refractivity (Wildman–Crippen MR) is 85.8 cm³/mol. The largest absolute Gasteiger partial charge is 0.465 e. The smallest absolute Gasteiger partial charge is 0.281 e. The van der Waals surface area contributed by atoms with Crippen molar-refractivity contribution in [2.45, 2.75) is 13.8 Å². The lowest BCUT2D eigenvalue weighted by Gasteiger charge is -2.17. The standard InChI is InChI=1S/C16H14N2O2S/c1-10-5-3-7-14(11(10)2)18-15(19)13(17-16(18)21)9-12-6-4-8-20-12/h3-9H,1-2H3,(H,17,21). The Hall–Kier alpha value is -2.40. The molecule has 2 aromatic rings. The molecular weight excluding hydrogens is 284 g/mol. The van der Waals surface area contributed by atoms with E-state index in [0.717, 1.165) is 16.8 Å². The van der Waals surface area contributed by atoms with E-state index in [1.807, 2.05) is 32.0 Å². The monoisotopic (exact) mass is 298 g/mol. The number of amides is 1. The second-order valence-electron chi connectivity index (χ2n) is 4.86. The van der Waals surface area contributed by atoms with E-state index in [1.165, 1.54) is 4.90 Å². The van der Waals surface area contributed by atoms with Crippen LogP contribution < -0.4 is 10.2 Å². The van der Waals surface area contributed by atoms with Gasteiger partial charge in [-0.25, -0.2) is 0 Å². The van der Waals surface area contributed by atoms with E-state index in [2.05, 4.69) is 5.32 Å². The third-order valence-electron chi connectivity index (χ3n) is 3.52. The van der Waals surface area contributed by atoms with E-state index in [0.29, 0.717) is 16.6 Å². The first-order chi connectivity index (χ1) is 10.1. The number of benzene rings is 1. The normalized spacial score (nSPS) is 16.7. The van der Waals surface area contributed by atoms with E-state index in [1.54, 1.807) is 24.5 Å². The molecule has 0 unspecified atom stereocenters. The Kier molecular flexibility index (Phi) is 3.35. The average molecular weight is 298 g/mol. The molecule has 3 rings (SSSR count). The number of hydrogen-bond acceptors (Lipinski definition) is 3. The van der Waals surface area contributed by atoms with Gasteiger partial charge in [0, 0.05) is 6.08 Å². The summed E-state index contributed by atoms with van der Waals surface area (Å²) >= 11 is 5.30. The summed E-state index contributed by atoms with van der Waals surface area (Å²) in [5, 5.41) is 3.33. The number of carbonyl (C=O) groups excluding carboxylic acids is 1. The Morgan fingerprint density at radius 2 is 2.05 bits per heavy atom. The van der Waals surface area contributed by atoms with Gasteiger partial charge in [-0.3, -0.25) is 9.69 Å². The van der Waals surface area contributed by atoms with Crippen LogP contribution in [-0.2, 0) is 4.79 Å². The molecule has 4 nitrogen and oxygen atoms in total. The van der Waals surface area contributed by atoms with Gasteiger partial charge in [0.1, 0.15) is 11.5 Å². The van der Waals surface area contributed by atoms with Crippen molar-refractivity contribution in [2.75, 3.05) is 4.90 Å². The first-order valence-corrected chi connectivity index (χ1v) is 6.95. The zero-order valence-electron chi connectivity index (χ0n) is 11.7. The van der Waals surface area contributed by atoms with Crippen LogP contribution in [0.1, 0.15) is 16.9 Å². The van der Waals surface area contributed by atoms with E-state index in [9.17, 15) is 4.79 Å². The summed E-state index contributed by atoms with van der Waals surface area (Å²) in [5.41, 5.74) is 3.37. The lowest BCUT2D eigenvalue weighted by Crippen LogP contribution is -2.31. The Balaban J connectivity index is 2.00. The molecule has 0 aliphatic carbocycles. The van der Waals surface area contributed by atoms with Gasteiger partial charge in [0.25, 0.3) is 5.91 Å². The minimum Gasteiger partial charge on any atom is -0.465 e. The van der Waals surface area contributed by atoms with Gasteiger partial charge in [-0.05, 0) is 55.4 Å². The SMILES string of the molecule is Cc1cccc(N2C(=O)C(=Cc3ccco3)NC2=S)c1C. The van der Waals surface area contributed by atoms with E-state index < -0.39 is 0 Å². The average Bonchev–Trinajstić information content (AvgIpc) is 3.04. The summed E-state index contributed by atoms with van der Waals surface area (Å²) in [7, 11) is 0. The number of rotatable bonds is 2. The van der Waals surface area contributed by atoms with Crippen LogP contribution in [0.5, 0.6) is 0 Å². The zero-order chi connectivity index (χ0) is 15.0. The number of hydrogen-bond donors (Lipinski definition) is 1. The van der Waals surface area contributed by atoms with Crippen LogP contribution >= 0.6 is 12.2 Å². The molecule has 1 amide bonds.